The monoisotopic (exact) mass is 228 g/mol. The fraction of sp³-hybridized carbons (Fsp3) is 0.222. The number of Topliss-reactive ketones (excluding diaryl/α,β-unsaturated/α-hetero) is 1. The van der Waals surface area contributed by atoms with Gasteiger partial charge in [-0.3, -0.25) is 4.79 Å². The highest BCUT2D eigenvalue weighted by Crippen LogP contribution is 2.27. The minimum absolute atomic E-state index is 0.0460. The first-order valence-corrected chi connectivity index (χ1v) is 4.32. The van der Waals surface area contributed by atoms with E-state index in [1.54, 1.807) is 19.1 Å². The Labute approximate surface area is 79.3 Å². The van der Waals surface area contributed by atoms with Crippen molar-refractivity contribution in [3.8, 4) is 5.75 Å². The van der Waals surface area contributed by atoms with Crippen molar-refractivity contribution in [3.63, 3.8) is 0 Å². The Morgan fingerprint density at radius 2 is 2.08 bits per heavy atom. The third-order valence-electron chi connectivity index (χ3n) is 1.74. The second-order valence-electron chi connectivity index (χ2n) is 2.62. The molecule has 0 amide bonds. The molecule has 1 N–H and O–H groups in total. The molecule has 0 aromatic heterocycles. The van der Waals surface area contributed by atoms with Crippen LogP contribution in [-0.4, -0.2) is 10.9 Å². The molecule has 0 spiro atoms. The van der Waals surface area contributed by atoms with E-state index in [9.17, 15) is 9.90 Å². The average molecular weight is 229 g/mol. The van der Waals surface area contributed by atoms with Crippen molar-refractivity contribution >= 4 is 21.7 Å². The van der Waals surface area contributed by atoms with E-state index in [1.807, 2.05) is 0 Å². The molecular formula is C9H9BrO2. The van der Waals surface area contributed by atoms with Crippen LogP contribution in [0.3, 0.4) is 0 Å². The van der Waals surface area contributed by atoms with Crippen LogP contribution in [0, 0.1) is 6.92 Å². The van der Waals surface area contributed by atoms with E-state index >= 15 is 0 Å². The Hall–Kier alpha value is -0.830. The Morgan fingerprint density at radius 3 is 2.50 bits per heavy atom. The number of carbonyl (C=O) groups excluding carboxylic acids is 1. The van der Waals surface area contributed by atoms with Crippen molar-refractivity contribution in [2.75, 3.05) is 0 Å². The number of halogens is 1. The van der Waals surface area contributed by atoms with Crippen molar-refractivity contribution < 1.29 is 9.90 Å². The molecule has 0 aliphatic heterocycles. The van der Waals surface area contributed by atoms with Gasteiger partial charge in [0.2, 0.25) is 0 Å². The molecule has 1 aromatic carbocycles. The molecule has 0 aliphatic rings. The summed E-state index contributed by atoms with van der Waals surface area (Å²) >= 11 is 3.25. The summed E-state index contributed by atoms with van der Waals surface area (Å²) in [4.78, 5) is 11.1. The Bertz CT molecular complexity index is 332. The number of phenolic OH excluding ortho intramolecular Hbond substituents is 1. The predicted molar refractivity (Wildman–Crippen MR) is 50.5 cm³/mol. The maximum Gasteiger partial charge on any atom is 0.161 e. The molecule has 1 rings (SSSR count). The highest BCUT2D eigenvalue weighted by Gasteiger charge is 2.11. The molecule has 0 bridgehead atoms. The van der Waals surface area contributed by atoms with Crippen molar-refractivity contribution in [1.82, 2.24) is 0 Å². The molecular weight excluding hydrogens is 220 g/mol. The summed E-state index contributed by atoms with van der Waals surface area (Å²) in [6.07, 6.45) is 0. The average Bonchev–Trinajstić information content (AvgIpc) is 1.97. The second-order valence-corrected chi connectivity index (χ2v) is 3.48. The topological polar surface area (TPSA) is 37.3 Å². The van der Waals surface area contributed by atoms with E-state index in [4.69, 9.17) is 0 Å². The van der Waals surface area contributed by atoms with Gasteiger partial charge in [-0.1, -0.05) is 15.9 Å². The number of hydrogen-bond acceptors (Lipinski definition) is 2. The lowest BCUT2D eigenvalue weighted by atomic mass is 10.1. The van der Waals surface area contributed by atoms with Crippen LogP contribution in [0.4, 0.5) is 0 Å². The minimum Gasteiger partial charge on any atom is -0.508 e. The predicted octanol–water partition coefficient (Wildman–Crippen LogP) is 2.67. The molecule has 0 unspecified atom stereocenters. The molecule has 3 heteroatoms. The van der Waals surface area contributed by atoms with E-state index in [2.05, 4.69) is 15.9 Å². The fourth-order valence-corrected chi connectivity index (χ4v) is 1.81. The minimum atomic E-state index is -0.0460. The highest BCUT2D eigenvalue weighted by molar-refractivity contribution is 9.10. The fourth-order valence-electron chi connectivity index (χ4n) is 1.10. The quantitative estimate of drug-likeness (QED) is 0.751. The largest absolute Gasteiger partial charge is 0.508 e. The lowest BCUT2D eigenvalue weighted by Gasteiger charge is -2.05. The number of rotatable bonds is 1. The van der Waals surface area contributed by atoms with Gasteiger partial charge >= 0.3 is 0 Å². The van der Waals surface area contributed by atoms with Crippen LogP contribution in [0.25, 0.3) is 0 Å². The lowest BCUT2D eigenvalue weighted by Crippen LogP contribution is -1.97. The summed E-state index contributed by atoms with van der Waals surface area (Å²) in [6.45, 7) is 3.20. The number of aromatic hydroxyl groups is 1. The van der Waals surface area contributed by atoms with Crippen LogP contribution in [0.2, 0.25) is 0 Å². The van der Waals surface area contributed by atoms with Gasteiger partial charge in [-0.05, 0) is 26.0 Å². The Kier molecular flexibility index (Phi) is 2.52. The standard InChI is InChI=1S/C9H9BrO2/c1-5-8(12)4-3-7(10)9(5)6(2)11/h3-4,12H,1-2H3. The summed E-state index contributed by atoms with van der Waals surface area (Å²) < 4.78 is 0.727. The normalized spacial score (nSPS) is 9.92. The molecule has 0 heterocycles. The number of ketones is 1. The second kappa shape index (κ2) is 3.27. The van der Waals surface area contributed by atoms with Gasteiger partial charge in [0.05, 0.1) is 0 Å². The number of phenols is 1. The lowest BCUT2D eigenvalue weighted by molar-refractivity contribution is 0.101. The first kappa shape index (κ1) is 9.26. The zero-order chi connectivity index (χ0) is 9.30. The highest BCUT2D eigenvalue weighted by atomic mass is 79.9. The molecule has 0 aliphatic carbocycles. The smallest absolute Gasteiger partial charge is 0.161 e. The number of benzene rings is 1. The molecule has 2 nitrogen and oxygen atoms in total. The summed E-state index contributed by atoms with van der Waals surface area (Å²) in [6, 6.07) is 3.23. The van der Waals surface area contributed by atoms with E-state index < -0.39 is 0 Å². The van der Waals surface area contributed by atoms with Gasteiger partial charge in [-0.2, -0.15) is 0 Å². The first-order valence-electron chi connectivity index (χ1n) is 3.53. The molecule has 0 atom stereocenters. The SMILES string of the molecule is CC(=O)c1c(Br)ccc(O)c1C. The van der Waals surface area contributed by atoms with Crippen molar-refractivity contribution in [2.45, 2.75) is 13.8 Å². The van der Waals surface area contributed by atoms with Crippen molar-refractivity contribution in [1.29, 1.82) is 0 Å². The Balaban J connectivity index is 3.43. The molecule has 64 valence electrons. The zero-order valence-corrected chi connectivity index (χ0v) is 8.47. The van der Waals surface area contributed by atoms with Crippen molar-refractivity contribution in [3.05, 3.63) is 27.7 Å². The van der Waals surface area contributed by atoms with Crippen LogP contribution in [-0.2, 0) is 0 Å². The molecule has 0 radical (unpaired) electrons. The zero-order valence-electron chi connectivity index (χ0n) is 6.89. The summed E-state index contributed by atoms with van der Waals surface area (Å²) in [5.74, 6) is 0.110. The van der Waals surface area contributed by atoms with Gasteiger partial charge in [0.15, 0.2) is 5.78 Å². The van der Waals surface area contributed by atoms with E-state index in [0.717, 1.165) is 4.47 Å². The maximum absolute atomic E-state index is 11.1. The molecule has 12 heavy (non-hydrogen) atoms. The summed E-state index contributed by atoms with van der Waals surface area (Å²) in [7, 11) is 0. The van der Waals surface area contributed by atoms with Gasteiger partial charge < -0.3 is 5.11 Å². The van der Waals surface area contributed by atoms with Crippen LogP contribution < -0.4 is 0 Å². The third-order valence-corrected chi connectivity index (χ3v) is 2.40. The maximum atomic E-state index is 11.1. The summed E-state index contributed by atoms with van der Waals surface area (Å²) in [5.41, 5.74) is 1.17. The molecule has 0 fully saturated rings. The molecule has 1 aromatic rings. The van der Waals surface area contributed by atoms with E-state index in [1.165, 1.54) is 6.92 Å². The van der Waals surface area contributed by atoms with Gasteiger partial charge in [-0.25, -0.2) is 0 Å². The van der Waals surface area contributed by atoms with Crippen LogP contribution >= 0.6 is 15.9 Å². The molecule has 0 saturated carbocycles. The van der Waals surface area contributed by atoms with Gasteiger partial charge in [-0.15, -0.1) is 0 Å². The van der Waals surface area contributed by atoms with Crippen LogP contribution in [0.1, 0.15) is 22.8 Å². The summed E-state index contributed by atoms with van der Waals surface area (Å²) in [5, 5.41) is 9.30. The third kappa shape index (κ3) is 1.50. The van der Waals surface area contributed by atoms with E-state index in [0.29, 0.717) is 11.1 Å². The first-order chi connectivity index (χ1) is 5.54. The van der Waals surface area contributed by atoms with Crippen molar-refractivity contribution in [2.24, 2.45) is 0 Å². The number of carbonyl (C=O) groups is 1. The number of hydrogen-bond donors (Lipinski definition) is 1. The van der Waals surface area contributed by atoms with Gasteiger partial charge in [0.1, 0.15) is 5.75 Å². The molecule has 0 saturated heterocycles. The van der Waals surface area contributed by atoms with E-state index in [-0.39, 0.29) is 11.5 Å². The van der Waals surface area contributed by atoms with Crippen LogP contribution in [0.15, 0.2) is 16.6 Å². The van der Waals surface area contributed by atoms with Gasteiger partial charge in [0, 0.05) is 15.6 Å². The Morgan fingerprint density at radius 1 is 1.50 bits per heavy atom. The van der Waals surface area contributed by atoms with Crippen LogP contribution in [0.5, 0.6) is 5.75 Å². The van der Waals surface area contributed by atoms with Gasteiger partial charge in [0.25, 0.3) is 0 Å².